The summed E-state index contributed by atoms with van der Waals surface area (Å²) in [5.41, 5.74) is 0. The monoisotopic (exact) mass is 374 g/mol. The minimum Gasteiger partial charge on any atom is -0.463 e. The first kappa shape index (κ1) is 24.6. The smallest absolute Gasteiger partial charge is 0.330 e. The molecule has 0 saturated carbocycles. The molecule has 7 nitrogen and oxygen atoms in total. The quantitative estimate of drug-likeness (QED) is 0.195. The van der Waals surface area contributed by atoms with Gasteiger partial charge in [-0.15, -0.1) is 0 Å². The predicted molar refractivity (Wildman–Crippen MR) is 97.9 cm³/mol. The molecular weight excluding hydrogens is 340 g/mol. The van der Waals surface area contributed by atoms with E-state index in [2.05, 4.69) is 13.5 Å². The van der Waals surface area contributed by atoms with Crippen LogP contribution in [-0.2, 0) is 33.3 Å². The van der Waals surface area contributed by atoms with Crippen LogP contribution in [0.5, 0.6) is 0 Å². The van der Waals surface area contributed by atoms with Crippen LogP contribution in [0.15, 0.2) is 12.7 Å². The van der Waals surface area contributed by atoms with Gasteiger partial charge in [0.25, 0.3) is 0 Å². The van der Waals surface area contributed by atoms with Crippen molar-refractivity contribution >= 4 is 11.9 Å². The molecule has 0 bridgehead atoms. The summed E-state index contributed by atoms with van der Waals surface area (Å²) in [5.74, 6) is -0.614. The second-order valence-corrected chi connectivity index (χ2v) is 5.59. The van der Waals surface area contributed by atoms with E-state index in [9.17, 15) is 9.59 Å². The number of unbranched alkanes of at least 4 members (excludes halogenated alkanes) is 4. The largest absolute Gasteiger partial charge is 0.463 e. The van der Waals surface area contributed by atoms with Gasteiger partial charge < -0.3 is 23.7 Å². The van der Waals surface area contributed by atoms with Crippen LogP contribution < -0.4 is 0 Å². The first-order valence-corrected chi connectivity index (χ1v) is 9.38. The first-order chi connectivity index (χ1) is 12.7. The van der Waals surface area contributed by atoms with Gasteiger partial charge in [-0.3, -0.25) is 4.79 Å². The lowest BCUT2D eigenvalue weighted by Crippen LogP contribution is -2.15. The van der Waals surface area contributed by atoms with Crippen molar-refractivity contribution in [1.82, 2.24) is 0 Å². The molecule has 152 valence electrons. The van der Waals surface area contributed by atoms with Gasteiger partial charge in [0.1, 0.15) is 13.2 Å². The molecule has 0 amide bonds. The highest BCUT2D eigenvalue weighted by atomic mass is 16.6. The van der Waals surface area contributed by atoms with Gasteiger partial charge in [0.2, 0.25) is 0 Å². The van der Waals surface area contributed by atoms with Crippen molar-refractivity contribution in [3.05, 3.63) is 12.7 Å². The Balaban J connectivity index is 3.16. The summed E-state index contributed by atoms with van der Waals surface area (Å²) in [7, 11) is 0. The summed E-state index contributed by atoms with van der Waals surface area (Å²) in [4.78, 5) is 22.2. The van der Waals surface area contributed by atoms with Crippen molar-refractivity contribution in [3.63, 3.8) is 0 Å². The Bertz CT molecular complexity index is 358. The summed E-state index contributed by atoms with van der Waals surface area (Å²) in [5, 5.41) is 0. The number of carbonyl (C=O) groups excluding carboxylic acids is 2. The molecular formula is C19H34O7. The van der Waals surface area contributed by atoms with Gasteiger partial charge in [-0.05, 0) is 6.42 Å². The fourth-order valence-electron chi connectivity index (χ4n) is 1.96. The molecule has 0 aromatic heterocycles. The first-order valence-electron chi connectivity index (χ1n) is 9.38. The van der Waals surface area contributed by atoms with Crippen LogP contribution in [0.2, 0.25) is 0 Å². The van der Waals surface area contributed by atoms with E-state index in [4.69, 9.17) is 23.7 Å². The minimum atomic E-state index is -0.459. The molecule has 0 radical (unpaired) electrons. The molecule has 0 rings (SSSR count). The number of esters is 2. The molecule has 0 N–H and O–H groups in total. The third kappa shape index (κ3) is 18.9. The standard InChI is InChI=1S/C19H34O7/c1-3-5-6-7-8-9-19(21)26-17-15-24-13-11-22-10-12-23-14-16-25-18(20)4-2/h4H,2-3,5-17H2,1H3. The Hall–Kier alpha value is -1.44. The Labute approximate surface area is 157 Å². The molecule has 0 aromatic rings. The van der Waals surface area contributed by atoms with Crippen molar-refractivity contribution in [2.45, 2.75) is 45.4 Å². The van der Waals surface area contributed by atoms with Crippen LogP contribution in [0.25, 0.3) is 0 Å². The fraction of sp³-hybridized carbons (Fsp3) is 0.789. The maximum absolute atomic E-state index is 11.5. The molecule has 7 heteroatoms. The van der Waals surface area contributed by atoms with Crippen molar-refractivity contribution in [1.29, 1.82) is 0 Å². The maximum Gasteiger partial charge on any atom is 0.330 e. The number of hydrogen-bond donors (Lipinski definition) is 0. The number of carbonyl (C=O) groups is 2. The summed E-state index contributed by atoms with van der Waals surface area (Å²) >= 11 is 0. The van der Waals surface area contributed by atoms with Crippen molar-refractivity contribution in [3.8, 4) is 0 Å². The van der Waals surface area contributed by atoms with Crippen LogP contribution >= 0.6 is 0 Å². The van der Waals surface area contributed by atoms with E-state index >= 15 is 0 Å². The molecule has 0 atom stereocenters. The van der Waals surface area contributed by atoms with E-state index in [1.807, 2.05) is 0 Å². The number of hydrogen-bond acceptors (Lipinski definition) is 7. The second-order valence-electron chi connectivity index (χ2n) is 5.59. The van der Waals surface area contributed by atoms with Gasteiger partial charge in [0, 0.05) is 12.5 Å². The van der Waals surface area contributed by atoms with Crippen LogP contribution in [-0.4, -0.2) is 64.8 Å². The molecule has 0 fully saturated rings. The average molecular weight is 374 g/mol. The van der Waals surface area contributed by atoms with Gasteiger partial charge in [-0.1, -0.05) is 39.2 Å². The van der Waals surface area contributed by atoms with E-state index in [1.54, 1.807) is 0 Å². The molecule has 26 heavy (non-hydrogen) atoms. The highest BCUT2D eigenvalue weighted by molar-refractivity contribution is 5.81. The maximum atomic E-state index is 11.5. The van der Waals surface area contributed by atoms with Crippen molar-refractivity contribution in [2.75, 3.05) is 52.9 Å². The zero-order valence-electron chi connectivity index (χ0n) is 16.0. The number of rotatable bonds is 19. The van der Waals surface area contributed by atoms with Gasteiger partial charge in [0.05, 0.1) is 39.6 Å². The highest BCUT2D eigenvalue weighted by Crippen LogP contribution is 2.05. The Kier molecular flexibility index (Phi) is 18.8. The van der Waals surface area contributed by atoms with Crippen LogP contribution in [0, 0.1) is 0 Å². The summed E-state index contributed by atoms with van der Waals surface area (Å²) < 4.78 is 25.7. The lowest BCUT2D eigenvalue weighted by atomic mass is 10.1. The normalized spacial score (nSPS) is 10.5. The lowest BCUT2D eigenvalue weighted by molar-refractivity contribution is -0.145. The van der Waals surface area contributed by atoms with E-state index in [1.165, 1.54) is 19.3 Å². The molecule has 0 saturated heterocycles. The third-order valence-electron chi connectivity index (χ3n) is 3.36. The zero-order chi connectivity index (χ0) is 19.3. The predicted octanol–water partition coefficient (Wildman–Crippen LogP) is 2.67. The number of ether oxygens (including phenoxy) is 5. The van der Waals surface area contributed by atoms with E-state index in [-0.39, 0.29) is 19.2 Å². The van der Waals surface area contributed by atoms with Crippen molar-refractivity contribution in [2.24, 2.45) is 0 Å². The molecule has 0 aliphatic heterocycles. The van der Waals surface area contributed by atoms with Crippen LogP contribution in [0.4, 0.5) is 0 Å². The highest BCUT2D eigenvalue weighted by Gasteiger charge is 2.02. The van der Waals surface area contributed by atoms with Gasteiger partial charge in [0.15, 0.2) is 0 Å². The molecule has 0 aromatic carbocycles. The van der Waals surface area contributed by atoms with Crippen molar-refractivity contribution < 1.29 is 33.3 Å². The summed E-state index contributed by atoms with van der Waals surface area (Å²) in [6, 6.07) is 0. The molecule has 0 spiro atoms. The molecule has 0 aliphatic rings. The summed E-state index contributed by atoms with van der Waals surface area (Å²) in [6.45, 7) is 8.37. The zero-order valence-corrected chi connectivity index (χ0v) is 16.0. The lowest BCUT2D eigenvalue weighted by Gasteiger charge is -2.08. The van der Waals surface area contributed by atoms with Crippen LogP contribution in [0.3, 0.4) is 0 Å². The Morgan fingerprint density at radius 1 is 0.731 bits per heavy atom. The van der Waals surface area contributed by atoms with E-state index in [0.717, 1.165) is 18.9 Å². The third-order valence-corrected chi connectivity index (χ3v) is 3.36. The van der Waals surface area contributed by atoms with Gasteiger partial charge in [-0.25, -0.2) is 4.79 Å². The Morgan fingerprint density at radius 3 is 1.77 bits per heavy atom. The van der Waals surface area contributed by atoms with E-state index < -0.39 is 5.97 Å². The van der Waals surface area contributed by atoms with E-state index in [0.29, 0.717) is 46.1 Å². The SMILES string of the molecule is C=CC(=O)OCCOCCOCCOCCOC(=O)CCCCCCC. The molecule has 0 heterocycles. The summed E-state index contributed by atoms with van der Waals surface area (Å²) in [6.07, 6.45) is 7.18. The molecule has 0 unspecified atom stereocenters. The van der Waals surface area contributed by atoms with Gasteiger partial charge >= 0.3 is 11.9 Å². The topological polar surface area (TPSA) is 80.3 Å². The minimum absolute atomic E-state index is 0.155. The van der Waals surface area contributed by atoms with Gasteiger partial charge in [-0.2, -0.15) is 0 Å². The second kappa shape index (κ2) is 19.9. The fourth-order valence-corrected chi connectivity index (χ4v) is 1.96. The van der Waals surface area contributed by atoms with Crippen LogP contribution in [0.1, 0.15) is 45.4 Å². The average Bonchev–Trinajstić information content (AvgIpc) is 2.65. The molecule has 0 aliphatic carbocycles. The Morgan fingerprint density at radius 2 is 1.23 bits per heavy atom.